The van der Waals surface area contributed by atoms with Gasteiger partial charge in [0.25, 0.3) is 0 Å². The van der Waals surface area contributed by atoms with Crippen molar-refractivity contribution in [2.45, 2.75) is 53.4 Å². The van der Waals surface area contributed by atoms with Crippen molar-refractivity contribution >= 4 is 5.97 Å². The van der Waals surface area contributed by atoms with Gasteiger partial charge >= 0.3 is 5.97 Å². The van der Waals surface area contributed by atoms with Gasteiger partial charge in [0.2, 0.25) is 0 Å². The normalized spacial score (nSPS) is 40.3. The van der Waals surface area contributed by atoms with Crippen LogP contribution in [0.4, 0.5) is 0 Å². The molecule has 2 fully saturated rings. The van der Waals surface area contributed by atoms with Crippen molar-refractivity contribution in [3.05, 3.63) is 0 Å². The van der Waals surface area contributed by atoms with E-state index in [1.807, 2.05) is 0 Å². The summed E-state index contributed by atoms with van der Waals surface area (Å²) in [6.07, 6.45) is 5.12. The first-order valence-electron chi connectivity index (χ1n) is 7.08. The average molecular weight is 238 g/mol. The van der Waals surface area contributed by atoms with Gasteiger partial charge in [0.05, 0.1) is 5.92 Å². The smallest absolute Gasteiger partial charge is 0.307 e. The molecule has 0 aromatic heterocycles. The summed E-state index contributed by atoms with van der Waals surface area (Å²) in [5.74, 6) is 2.11. The highest BCUT2D eigenvalue weighted by Crippen LogP contribution is 2.64. The Kier molecular flexibility index (Phi) is 3.26. The van der Waals surface area contributed by atoms with Crippen LogP contribution in [0.25, 0.3) is 0 Å². The lowest BCUT2D eigenvalue weighted by atomic mass is 9.74. The minimum atomic E-state index is -0.578. The molecule has 2 atom stereocenters. The lowest BCUT2D eigenvalue weighted by Gasteiger charge is -2.31. The van der Waals surface area contributed by atoms with Crippen molar-refractivity contribution in [3.8, 4) is 0 Å². The standard InChI is InChI=1S/C15H26O2/c1-9(2)10-5-7-11(8-6-10)12-13(14(16)17)15(12,3)4/h9-13H,5-8H2,1-4H3,(H,16,17). The van der Waals surface area contributed by atoms with Crippen LogP contribution < -0.4 is 0 Å². The summed E-state index contributed by atoms with van der Waals surface area (Å²) in [6, 6.07) is 0. The Balaban J connectivity index is 1.92. The maximum atomic E-state index is 11.2. The van der Waals surface area contributed by atoms with E-state index in [0.29, 0.717) is 11.8 Å². The summed E-state index contributed by atoms with van der Waals surface area (Å²) in [5.41, 5.74) is 0.0428. The van der Waals surface area contributed by atoms with E-state index >= 15 is 0 Å². The number of carboxylic acid groups (broad SMARTS) is 1. The van der Waals surface area contributed by atoms with Crippen molar-refractivity contribution < 1.29 is 9.90 Å². The largest absolute Gasteiger partial charge is 0.481 e. The van der Waals surface area contributed by atoms with Gasteiger partial charge in [-0.2, -0.15) is 0 Å². The van der Waals surface area contributed by atoms with Gasteiger partial charge in [-0.15, -0.1) is 0 Å². The second-order valence-electron chi connectivity index (χ2n) is 7.08. The highest BCUT2D eigenvalue weighted by Gasteiger charge is 2.64. The monoisotopic (exact) mass is 238 g/mol. The van der Waals surface area contributed by atoms with Gasteiger partial charge in [0.15, 0.2) is 0 Å². The fraction of sp³-hybridized carbons (Fsp3) is 0.933. The van der Waals surface area contributed by atoms with Crippen LogP contribution >= 0.6 is 0 Å². The molecule has 0 spiro atoms. The van der Waals surface area contributed by atoms with Crippen LogP contribution in [0, 0.1) is 35.0 Å². The van der Waals surface area contributed by atoms with Crippen LogP contribution in [0.3, 0.4) is 0 Å². The molecule has 0 radical (unpaired) electrons. The Bertz CT molecular complexity index is 298. The maximum Gasteiger partial charge on any atom is 0.307 e. The van der Waals surface area contributed by atoms with Gasteiger partial charge in [-0.1, -0.05) is 27.7 Å². The Hall–Kier alpha value is -0.530. The van der Waals surface area contributed by atoms with E-state index in [-0.39, 0.29) is 11.3 Å². The molecule has 0 saturated heterocycles. The number of hydrogen-bond acceptors (Lipinski definition) is 1. The molecule has 98 valence electrons. The van der Waals surface area contributed by atoms with E-state index in [4.69, 9.17) is 0 Å². The van der Waals surface area contributed by atoms with Crippen LogP contribution in [0.15, 0.2) is 0 Å². The van der Waals surface area contributed by atoms with Crippen LogP contribution in [0.2, 0.25) is 0 Å². The zero-order chi connectivity index (χ0) is 12.8. The number of carbonyl (C=O) groups is 1. The molecule has 2 heteroatoms. The predicted molar refractivity (Wildman–Crippen MR) is 68.7 cm³/mol. The van der Waals surface area contributed by atoms with Gasteiger partial charge in [-0.25, -0.2) is 0 Å². The third-order valence-electron chi connectivity index (χ3n) is 5.44. The summed E-state index contributed by atoms with van der Waals surface area (Å²) in [5, 5.41) is 9.23. The quantitative estimate of drug-likeness (QED) is 0.812. The molecular weight excluding hydrogens is 212 g/mol. The number of rotatable bonds is 3. The number of carboxylic acids is 1. The summed E-state index contributed by atoms with van der Waals surface area (Å²) in [6.45, 7) is 8.88. The molecule has 0 aliphatic heterocycles. The summed E-state index contributed by atoms with van der Waals surface area (Å²) >= 11 is 0. The van der Waals surface area contributed by atoms with Gasteiger partial charge in [-0.05, 0) is 54.8 Å². The zero-order valence-electron chi connectivity index (χ0n) is 11.6. The van der Waals surface area contributed by atoms with Crippen molar-refractivity contribution in [2.24, 2.45) is 35.0 Å². The first-order chi connectivity index (χ1) is 7.85. The first-order valence-corrected chi connectivity index (χ1v) is 7.08. The molecule has 2 nitrogen and oxygen atoms in total. The fourth-order valence-corrected chi connectivity index (χ4v) is 4.20. The van der Waals surface area contributed by atoms with E-state index in [1.54, 1.807) is 0 Å². The number of aliphatic carboxylic acids is 1. The highest BCUT2D eigenvalue weighted by molar-refractivity contribution is 5.75. The maximum absolute atomic E-state index is 11.2. The zero-order valence-corrected chi connectivity index (χ0v) is 11.6. The van der Waals surface area contributed by atoms with E-state index in [0.717, 1.165) is 11.8 Å². The van der Waals surface area contributed by atoms with Crippen LogP contribution in [-0.4, -0.2) is 11.1 Å². The molecular formula is C15H26O2. The third-order valence-corrected chi connectivity index (χ3v) is 5.44. The second kappa shape index (κ2) is 4.29. The molecule has 2 unspecified atom stereocenters. The summed E-state index contributed by atoms with van der Waals surface area (Å²) in [4.78, 5) is 11.2. The molecule has 17 heavy (non-hydrogen) atoms. The predicted octanol–water partition coefficient (Wildman–Crippen LogP) is 3.81. The van der Waals surface area contributed by atoms with E-state index < -0.39 is 5.97 Å². The lowest BCUT2D eigenvalue weighted by Crippen LogP contribution is -2.21. The third kappa shape index (κ3) is 2.23. The Morgan fingerprint density at radius 3 is 2.06 bits per heavy atom. The van der Waals surface area contributed by atoms with Crippen molar-refractivity contribution in [2.75, 3.05) is 0 Å². The Morgan fingerprint density at radius 2 is 1.71 bits per heavy atom. The molecule has 2 rings (SSSR count). The molecule has 0 bridgehead atoms. The lowest BCUT2D eigenvalue weighted by molar-refractivity contribution is -0.139. The topological polar surface area (TPSA) is 37.3 Å². The van der Waals surface area contributed by atoms with Crippen molar-refractivity contribution in [1.29, 1.82) is 0 Å². The van der Waals surface area contributed by atoms with Crippen molar-refractivity contribution in [1.82, 2.24) is 0 Å². The molecule has 2 aliphatic carbocycles. The Labute approximate surface area is 105 Å². The second-order valence-corrected chi connectivity index (χ2v) is 7.08. The first kappa shape index (κ1) is 12.9. The average Bonchev–Trinajstić information content (AvgIpc) is 2.82. The molecule has 2 aliphatic rings. The van der Waals surface area contributed by atoms with Gasteiger partial charge < -0.3 is 5.11 Å². The van der Waals surface area contributed by atoms with Crippen molar-refractivity contribution in [3.63, 3.8) is 0 Å². The molecule has 2 saturated carbocycles. The van der Waals surface area contributed by atoms with E-state index in [1.165, 1.54) is 25.7 Å². The number of hydrogen-bond donors (Lipinski definition) is 1. The molecule has 1 N–H and O–H groups in total. The van der Waals surface area contributed by atoms with Crippen LogP contribution in [-0.2, 0) is 4.79 Å². The van der Waals surface area contributed by atoms with Crippen LogP contribution in [0.5, 0.6) is 0 Å². The fourth-order valence-electron chi connectivity index (χ4n) is 4.20. The minimum Gasteiger partial charge on any atom is -0.481 e. The summed E-state index contributed by atoms with van der Waals surface area (Å²) < 4.78 is 0. The van der Waals surface area contributed by atoms with Gasteiger partial charge in [0, 0.05) is 0 Å². The molecule has 0 amide bonds. The minimum absolute atomic E-state index is 0.0428. The van der Waals surface area contributed by atoms with Gasteiger partial charge in [-0.3, -0.25) is 4.79 Å². The van der Waals surface area contributed by atoms with Crippen LogP contribution in [0.1, 0.15) is 53.4 Å². The molecule has 0 aromatic rings. The molecule has 0 aromatic carbocycles. The van der Waals surface area contributed by atoms with Gasteiger partial charge in [0.1, 0.15) is 0 Å². The SMILES string of the molecule is CC(C)C1CCC(C2C(C(=O)O)C2(C)C)CC1. The van der Waals surface area contributed by atoms with E-state index in [9.17, 15) is 9.90 Å². The summed E-state index contributed by atoms with van der Waals surface area (Å²) in [7, 11) is 0. The highest BCUT2D eigenvalue weighted by atomic mass is 16.4. The van der Waals surface area contributed by atoms with E-state index in [2.05, 4.69) is 27.7 Å². The Morgan fingerprint density at radius 1 is 1.18 bits per heavy atom. The molecule has 0 heterocycles.